The number of nitrogens with one attached hydrogen (secondary N) is 1. The van der Waals surface area contributed by atoms with E-state index in [1.54, 1.807) is 26.5 Å². The summed E-state index contributed by atoms with van der Waals surface area (Å²) in [6.45, 7) is 3.69. The number of piperidine rings is 1. The average Bonchev–Trinajstić information content (AvgIpc) is 3.30. The van der Waals surface area contributed by atoms with Crippen LogP contribution in [0.25, 0.3) is 21.5 Å². The molecule has 1 aliphatic heterocycles. The number of pyridine rings is 3. The summed E-state index contributed by atoms with van der Waals surface area (Å²) < 4.78 is 11.8. The van der Waals surface area contributed by atoms with Crippen molar-refractivity contribution in [3.05, 3.63) is 53.2 Å². The molecule has 0 saturated carbocycles. The first-order chi connectivity index (χ1) is 17.4. The van der Waals surface area contributed by atoms with E-state index in [0.717, 1.165) is 42.0 Å². The fourth-order valence-electron chi connectivity index (χ4n) is 4.30. The lowest BCUT2D eigenvalue weighted by Crippen LogP contribution is -2.36. The topological polar surface area (TPSA) is 102 Å². The number of halogens is 1. The predicted molar refractivity (Wildman–Crippen MR) is 141 cm³/mol. The van der Waals surface area contributed by atoms with Crippen LogP contribution in [0, 0.1) is 6.92 Å². The summed E-state index contributed by atoms with van der Waals surface area (Å²) in [6.07, 6.45) is 7.19. The number of anilines is 2. The second kappa shape index (κ2) is 10.3. The molecule has 186 valence electrons. The Labute approximate surface area is 217 Å². The van der Waals surface area contributed by atoms with Crippen molar-refractivity contribution < 1.29 is 14.3 Å². The Bertz CT molecular complexity index is 1420. The zero-order valence-electron chi connectivity index (χ0n) is 20.1. The average molecular weight is 525 g/mol. The van der Waals surface area contributed by atoms with Gasteiger partial charge < -0.3 is 14.4 Å². The maximum Gasteiger partial charge on any atom is 0.259 e. The maximum absolute atomic E-state index is 13.3. The van der Waals surface area contributed by atoms with Gasteiger partial charge in [-0.1, -0.05) is 22.9 Å². The molecule has 1 amide bonds. The first-order valence-electron chi connectivity index (χ1n) is 11.5. The predicted octanol–water partition coefficient (Wildman–Crippen LogP) is 4.99. The van der Waals surface area contributed by atoms with Gasteiger partial charge in [-0.2, -0.15) is 4.98 Å². The second-order valence-corrected chi connectivity index (χ2v) is 9.91. The molecule has 11 heteroatoms. The van der Waals surface area contributed by atoms with E-state index in [9.17, 15) is 4.79 Å². The number of hydrogen-bond donors (Lipinski definition) is 1. The van der Waals surface area contributed by atoms with Gasteiger partial charge in [-0.25, -0.2) is 9.97 Å². The number of hydrogen-bond acceptors (Lipinski definition) is 9. The van der Waals surface area contributed by atoms with Gasteiger partial charge in [-0.15, -0.1) is 0 Å². The van der Waals surface area contributed by atoms with Gasteiger partial charge in [-0.3, -0.25) is 15.1 Å². The van der Waals surface area contributed by atoms with Gasteiger partial charge in [0, 0.05) is 43.2 Å². The molecule has 0 aromatic carbocycles. The van der Waals surface area contributed by atoms with Gasteiger partial charge in [0.05, 0.1) is 41.6 Å². The minimum absolute atomic E-state index is 0.297. The lowest BCUT2D eigenvalue weighted by atomic mass is 10.0. The number of aromatic nitrogens is 4. The minimum atomic E-state index is -0.339. The van der Waals surface area contributed by atoms with Crippen molar-refractivity contribution in [1.29, 1.82) is 0 Å². The third-order valence-corrected chi connectivity index (χ3v) is 7.34. The molecule has 0 unspecified atom stereocenters. The largest absolute Gasteiger partial charge is 0.494 e. The molecule has 0 spiro atoms. The quantitative estimate of drug-likeness (QED) is 0.352. The summed E-state index contributed by atoms with van der Waals surface area (Å²) in [7, 11) is 3.31. The fraction of sp³-hybridized carbons (Fsp3) is 0.320. The summed E-state index contributed by atoms with van der Waals surface area (Å²) in [5, 5.41) is 3.67. The van der Waals surface area contributed by atoms with Crippen LogP contribution in [-0.2, 0) is 4.74 Å². The van der Waals surface area contributed by atoms with Gasteiger partial charge in [0.2, 0.25) is 0 Å². The van der Waals surface area contributed by atoms with Crippen molar-refractivity contribution >= 4 is 50.0 Å². The van der Waals surface area contributed by atoms with Crippen molar-refractivity contribution in [1.82, 2.24) is 19.9 Å². The molecule has 0 bridgehead atoms. The van der Waals surface area contributed by atoms with Gasteiger partial charge in [0.1, 0.15) is 10.9 Å². The van der Waals surface area contributed by atoms with Gasteiger partial charge >= 0.3 is 0 Å². The Kier molecular flexibility index (Phi) is 6.99. The van der Waals surface area contributed by atoms with Crippen LogP contribution in [0.5, 0.6) is 5.75 Å². The molecule has 36 heavy (non-hydrogen) atoms. The van der Waals surface area contributed by atoms with Gasteiger partial charge in [0.15, 0.2) is 10.8 Å². The lowest BCUT2D eigenvalue weighted by molar-refractivity contribution is 0.0819. The van der Waals surface area contributed by atoms with Crippen molar-refractivity contribution in [2.45, 2.75) is 25.9 Å². The SMILES string of the molecule is COc1cnc(Cl)cc1-c1cc(C)ncc1C(=O)Nc1nc2ncc(N3CCC(OC)CC3)cc2s1. The molecule has 1 saturated heterocycles. The molecule has 4 aromatic rings. The van der Waals surface area contributed by atoms with E-state index in [-0.39, 0.29) is 5.91 Å². The molecule has 0 atom stereocenters. The maximum atomic E-state index is 13.3. The van der Waals surface area contributed by atoms with Crippen molar-refractivity contribution in [3.63, 3.8) is 0 Å². The van der Waals surface area contributed by atoms with Crippen molar-refractivity contribution in [3.8, 4) is 16.9 Å². The van der Waals surface area contributed by atoms with Gasteiger partial charge in [-0.05, 0) is 38.0 Å². The van der Waals surface area contributed by atoms with Crippen molar-refractivity contribution in [2.75, 3.05) is 37.5 Å². The van der Waals surface area contributed by atoms with Crippen LogP contribution >= 0.6 is 22.9 Å². The highest BCUT2D eigenvalue weighted by Gasteiger charge is 2.21. The second-order valence-electron chi connectivity index (χ2n) is 8.49. The summed E-state index contributed by atoms with van der Waals surface area (Å²) in [5.74, 6) is 0.165. The molecule has 0 aliphatic carbocycles. The Morgan fingerprint density at radius 2 is 1.89 bits per heavy atom. The van der Waals surface area contributed by atoms with E-state index in [1.165, 1.54) is 17.5 Å². The Morgan fingerprint density at radius 3 is 2.64 bits per heavy atom. The number of methoxy groups -OCH3 is 2. The first-order valence-corrected chi connectivity index (χ1v) is 12.7. The molecule has 5 heterocycles. The van der Waals surface area contributed by atoms with E-state index in [2.05, 4.69) is 36.2 Å². The Morgan fingerprint density at radius 1 is 1.08 bits per heavy atom. The van der Waals surface area contributed by atoms with Crippen LogP contribution in [0.1, 0.15) is 28.9 Å². The van der Waals surface area contributed by atoms with Crippen LogP contribution < -0.4 is 15.0 Å². The molecule has 9 nitrogen and oxygen atoms in total. The number of ether oxygens (including phenoxy) is 2. The third-order valence-electron chi connectivity index (χ3n) is 6.22. The number of carbonyl (C=O) groups excluding carboxylic acids is 1. The molecule has 5 rings (SSSR count). The van der Waals surface area contributed by atoms with E-state index in [4.69, 9.17) is 21.1 Å². The van der Waals surface area contributed by atoms with Crippen LogP contribution in [0.2, 0.25) is 5.15 Å². The smallest absolute Gasteiger partial charge is 0.259 e. The van der Waals surface area contributed by atoms with Crippen LogP contribution in [-0.4, -0.2) is 59.3 Å². The molecule has 1 aliphatic rings. The number of rotatable bonds is 6. The molecular formula is C25H25ClN6O3S. The monoisotopic (exact) mass is 524 g/mol. The lowest BCUT2D eigenvalue weighted by Gasteiger charge is -2.32. The minimum Gasteiger partial charge on any atom is -0.494 e. The summed E-state index contributed by atoms with van der Waals surface area (Å²) in [4.78, 5) is 33.1. The normalized spacial score (nSPS) is 14.3. The zero-order chi connectivity index (χ0) is 25.2. The van der Waals surface area contributed by atoms with Crippen LogP contribution in [0.15, 0.2) is 36.8 Å². The number of fused-ring (bicyclic) bond motifs is 1. The third kappa shape index (κ3) is 4.97. The number of carbonyl (C=O) groups is 1. The number of aryl methyl sites for hydroxylation is 1. The van der Waals surface area contributed by atoms with E-state index >= 15 is 0 Å². The summed E-state index contributed by atoms with van der Waals surface area (Å²) in [5.41, 5.74) is 4.06. The Balaban J connectivity index is 1.41. The van der Waals surface area contributed by atoms with Gasteiger partial charge in [0.25, 0.3) is 5.91 Å². The van der Waals surface area contributed by atoms with Crippen LogP contribution in [0.4, 0.5) is 10.8 Å². The van der Waals surface area contributed by atoms with Crippen LogP contribution in [0.3, 0.4) is 0 Å². The Hall–Kier alpha value is -3.34. The fourth-order valence-corrected chi connectivity index (χ4v) is 5.32. The number of amides is 1. The molecular weight excluding hydrogens is 500 g/mol. The molecule has 1 N–H and O–H groups in total. The highest BCUT2D eigenvalue weighted by molar-refractivity contribution is 7.22. The van der Waals surface area contributed by atoms with E-state index < -0.39 is 0 Å². The highest BCUT2D eigenvalue weighted by Crippen LogP contribution is 2.35. The molecule has 0 radical (unpaired) electrons. The molecule has 1 fully saturated rings. The van der Waals surface area contributed by atoms with E-state index in [0.29, 0.717) is 44.5 Å². The number of nitrogens with zero attached hydrogens (tertiary/aromatic N) is 5. The number of thiazole rings is 1. The highest BCUT2D eigenvalue weighted by atomic mass is 35.5. The zero-order valence-corrected chi connectivity index (χ0v) is 21.7. The van der Waals surface area contributed by atoms with E-state index in [1.807, 2.05) is 19.2 Å². The first kappa shape index (κ1) is 24.4. The standard InChI is InChI=1S/C25H25ClN6O3S/c1-14-8-17(18-10-22(26)28-13-20(18)35-3)19(12-27-14)24(33)31-25-30-23-21(36-25)9-15(11-29-23)32-6-4-16(34-2)5-7-32/h8-13,16H,4-7H2,1-3H3,(H,29,30,31,33). The van der Waals surface area contributed by atoms with Crippen molar-refractivity contribution in [2.24, 2.45) is 0 Å². The molecule has 4 aromatic heterocycles. The summed E-state index contributed by atoms with van der Waals surface area (Å²) in [6, 6.07) is 5.57. The summed E-state index contributed by atoms with van der Waals surface area (Å²) >= 11 is 7.53.